The minimum Gasteiger partial charge on any atom is -0.496 e. The second-order valence-corrected chi connectivity index (χ2v) is 4.09. The van der Waals surface area contributed by atoms with Gasteiger partial charge in [0.15, 0.2) is 6.17 Å². The van der Waals surface area contributed by atoms with Gasteiger partial charge < -0.3 is 10.1 Å². The largest absolute Gasteiger partial charge is 0.496 e. The van der Waals surface area contributed by atoms with Crippen LogP contribution in [0.4, 0.5) is 13.2 Å². The van der Waals surface area contributed by atoms with Crippen LogP contribution in [0.2, 0.25) is 0 Å². The first kappa shape index (κ1) is 12.2. The Hall–Kier alpha value is -1.23. The fraction of sp³-hybridized carbons (Fsp3) is 0.500. The van der Waals surface area contributed by atoms with Crippen LogP contribution in [0.3, 0.4) is 0 Å². The maximum Gasteiger partial charge on any atom is 0.273 e. The molecule has 0 bridgehead atoms. The lowest BCUT2D eigenvalue weighted by Crippen LogP contribution is -2.40. The van der Waals surface area contributed by atoms with Crippen LogP contribution in [0.1, 0.15) is 23.2 Å². The lowest BCUT2D eigenvalue weighted by molar-refractivity contribution is 0.0494. The van der Waals surface area contributed by atoms with Gasteiger partial charge in [0.05, 0.1) is 7.11 Å². The highest BCUT2D eigenvalue weighted by Crippen LogP contribution is 2.34. The van der Waals surface area contributed by atoms with Crippen LogP contribution < -0.4 is 10.1 Å². The molecule has 1 aromatic rings. The van der Waals surface area contributed by atoms with Gasteiger partial charge in [-0.3, -0.25) is 0 Å². The summed E-state index contributed by atoms with van der Waals surface area (Å²) in [7, 11) is 1.46. The summed E-state index contributed by atoms with van der Waals surface area (Å²) in [6.45, 7) is 1.67. The number of methoxy groups -OCH3 is 1. The van der Waals surface area contributed by atoms with E-state index in [1.54, 1.807) is 6.07 Å². The molecule has 17 heavy (non-hydrogen) atoms. The van der Waals surface area contributed by atoms with E-state index >= 15 is 0 Å². The first-order valence-electron chi connectivity index (χ1n) is 5.44. The molecular weight excluding hydrogens is 231 g/mol. The molecule has 0 aliphatic carbocycles. The lowest BCUT2D eigenvalue weighted by Gasteiger charge is -2.29. The molecule has 2 nitrogen and oxygen atoms in total. The van der Waals surface area contributed by atoms with Gasteiger partial charge >= 0.3 is 0 Å². The third-order valence-electron chi connectivity index (χ3n) is 3.02. The van der Waals surface area contributed by atoms with Crippen molar-refractivity contribution in [3.8, 4) is 5.75 Å². The van der Waals surface area contributed by atoms with E-state index in [0.29, 0.717) is 11.7 Å². The highest BCUT2D eigenvalue weighted by atomic mass is 19.3. The Bertz CT molecular complexity index is 393. The van der Waals surface area contributed by atoms with Crippen molar-refractivity contribution in [2.45, 2.75) is 18.5 Å². The van der Waals surface area contributed by atoms with E-state index in [1.807, 2.05) is 0 Å². The van der Waals surface area contributed by atoms with Gasteiger partial charge in [-0.25, -0.2) is 13.2 Å². The summed E-state index contributed by atoms with van der Waals surface area (Å²) in [5.41, 5.74) is 0.907. The number of nitrogens with one attached hydrogen (secondary N) is 1. The number of ether oxygens (including phenoxy) is 1. The highest BCUT2D eigenvalue weighted by Gasteiger charge is 2.26. The van der Waals surface area contributed by atoms with Gasteiger partial charge in [0.25, 0.3) is 6.43 Å². The topological polar surface area (TPSA) is 21.3 Å². The molecule has 1 aromatic carbocycles. The van der Waals surface area contributed by atoms with Gasteiger partial charge in [-0.1, -0.05) is 12.1 Å². The molecule has 1 aliphatic rings. The molecule has 1 unspecified atom stereocenters. The van der Waals surface area contributed by atoms with E-state index in [-0.39, 0.29) is 5.56 Å². The normalized spacial score (nSPS) is 17.9. The average molecular weight is 245 g/mol. The quantitative estimate of drug-likeness (QED) is 0.880. The maximum absolute atomic E-state index is 13.2. The molecule has 1 heterocycles. The van der Waals surface area contributed by atoms with E-state index in [2.05, 4.69) is 5.32 Å². The van der Waals surface area contributed by atoms with E-state index < -0.39 is 12.6 Å². The molecule has 1 saturated heterocycles. The Balaban J connectivity index is 2.27. The predicted octanol–water partition coefficient (Wildman–Crippen LogP) is 2.66. The van der Waals surface area contributed by atoms with Crippen LogP contribution in [-0.2, 0) is 0 Å². The van der Waals surface area contributed by atoms with Crippen LogP contribution >= 0.6 is 0 Å². The Morgan fingerprint density at radius 3 is 2.47 bits per heavy atom. The van der Waals surface area contributed by atoms with Gasteiger partial charge in [-0.2, -0.15) is 0 Å². The van der Waals surface area contributed by atoms with E-state index in [9.17, 15) is 13.2 Å². The number of hydrogen-bond donors (Lipinski definition) is 1. The van der Waals surface area contributed by atoms with Crippen LogP contribution in [0.5, 0.6) is 5.75 Å². The molecule has 0 amide bonds. The van der Waals surface area contributed by atoms with Crippen molar-refractivity contribution in [1.29, 1.82) is 0 Å². The SMILES string of the molecule is COc1cc(C(F)C(F)F)ccc1C1CNC1. The van der Waals surface area contributed by atoms with Gasteiger partial charge in [0.2, 0.25) is 0 Å². The van der Waals surface area contributed by atoms with Crippen LogP contribution in [0, 0.1) is 0 Å². The van der Waals surface area contributed by atoms with E-state index in [1.165, 1.54) is 19.2 Å². The summed E-state index contributed by atoms with van der Waals surface area (Å²) in [5, 5.41) is 3.12. The van der Waals surface area contributed by atoms with Crippen LogP contribution in [0.15, 0.2) is 18.2 Å². The zero-order valence-corrected chi connectivity index (χ0v) is 9.42. The lowest BCUT2D eigenvalue weighted by atomic mass is 9.91. The number of halogens is 3. The third-order valence-corrected chi connectivity index (χ3v) is 3.02. The maximum atomic E-state index is 13.2. The molecule has 1 N–H and O–H groups in total. The first-order valence-corrected chi connectivity index (χ1v) is 5.44. The Labute approximate surface area is 97.8 Å². The second-order valence-electron chi connectivity index (χ2n) is 4.09. The monoisotopic (exact) mass is 245 g/mol. The van der Waals surface area contributed by atoms with Gasteiger partial charge in [-0.15, -0.1) is 0 Å². The summed E-state index contributed by atoms with van der Waals surface area (Å²) in [6, 6.07) is 4.45. The molecule has 0 spiro atoms. The summed E-state index contributed by atoms with van der Waals surface area (Å²) < 4.78 is 42.8. The predicted molar refractivity (Wildman–Crippen MR) is 58.5 cm³/mol. The molecule has 1 fully saturated rings. The molecule has 1 aliphatic heterocycles. The first-order chi connectivity index (χ1) is 8.13. The number of hydrogen-bond acceptors (Lipinski definition) is 2. The summed E-state index contributed by atoms with van der Waals surface area (Å²) in [5.74, 6) is 0.806. The molecule has 1 atom stereocenters. The van der Waals surface area contributed by atoms with Crippen molar-refractivity contribution in [2.24, 2.45) is 0 Å². The number of benzene rings is 1. The minimum atomic E-state index is -3.00. The van der Waals surface area contributed by atoms with E-state index in [0.717, 1.165) is 18.7 Å². The van der Waals surface area contributed by atoms with Crippen molar-refractivity contribution in [3.63, 3.8) is 0 Å². The Morgan fingerprint density at radius 2 is 2.00 bits per heavy atom. The van der Waals surface area contributed by atoms with Crippen LogP contribution in [-0.4, -0.2) is 26.6 Å². The van der Waals surface area contributed by atoms with Gasteiger partial charge in [-0.05, 0) is 17.2 Å². The standard InChI is InChI=1S/C12H14F3NO/c1-17-10-4-7(11(13)12(14)15)2-3-9(10)8-5-16-6-8/h2-4,8,11-12,16H,5-6H2,1H3. The Kier molecular flexibility index (Phi) is 3.57. The zero-order valence-electron chi connectivity index (χ0n) is 9.42. The molecule has 0 saturated carbocycles. The minimum absolute atomic E-state index is 0.0344. The number of rotatable bonds is 4. The third kappa shape index (κ3) is 2.39. The molecular formula is C12H14F3NO. The molecule has 0 radical (unpaired) electrons. The van der Waals surface area contributed by atoms with Crippen LogP contribution in [0.25, 0.3) is 0 Å². The van der Waals surface area contributed by atoms with Crippen molar-refractivity contribution < 1.29 is 17.9 Å². The highest BCUT2D eigenvalue weighted by molar-refractivity contribution is 5.42. The molecule has 5 heteroatoms. The fourth-order valence-electron chi connectivity index (χ4n) is 1.89. The van der Waals surface area contributed by atoms with Crippen molar-refractivity contribution in [2.75, 3.05) is 20.2 Å². The summed E-state index contributed by atoms with van der Waals surface area (Å²) in [4.78, 5) is 0. The average Bonchev–Trinajstić information content (AvgIpc) is 2.26. The fourth-order valence-corrected chi connectivity index (χ4v) is 1.89. The zero-order chi connectivity index (χ0) is 12.4. The Morgan fingerprint density at radius 1 is 1.29 bits per heavy atom. The van der Waals surface area contributed by atoms with Crippen molar-refractivity contribution >= 4 is 0 Å². The summed E-state index contributed by atoms with van der Waals surface area (Å²) >= 11 is 0. The summed E-state index contributed by atoms with van der Waals surface area (Å²) in [6.07, 6.45) is -5.26. The molecule has 0 aromatic heterocycles. The molecule has 94 valence electrons. The van der Waals surface area contributed by atoms with Gasteiger partial charge in [0, 0.05) is 19.0 Å². The van der Waals surface area contributed by atoms with E-state index in [4.69, 9.17) is 4.74 Å². The van der Waals surface area contributed by atoms with Crippen molar-refractivity contribution in [3.05, 3.63) is 29.3 Å². The molecule has 2 rings (SSSR count). The van der Waals surface area contributed by atoms with Gasteiger partial charge in [0.1, 0.15) is 5.75 Å². The van der Waals surface area contributed by atoms with Crippen molar-refractivity contribution in [1.82, 2.24) is 5.32 Å². The number of alkyl halides is 3. The smallest absolute Gasteiger partial charge is 0.273 e. The second kappa shape index (κ2) is 4.96.